The van der Waals surface area contributed by atoms with Crippen LogP contribution in [-0.2, 0) is 26.2 Å². The summed E-state index contributed by atoms with van der Waals surface area (Å²) in [4.78, 5) is 15.3. The summed E-state index contributed by atoms with van der Waals surface area (Å²) in [6.07, 6.45) is -3.55. The van der Waals surface area contributed by atoms with Gasteiger partial charge in [0.1, 0.15) is 5.69 Å². The molecule has 2 aromatic rings. The molecule has 0 unspecified atom stereocenters. The van der Waals surface area contributed by atoms with Crippen molar-refractivity contribution in [3.8, 4) is 0 Å². The van der Waals surface area contributed by atoms with Gasteiger partial charge in [-0.3, -0.25) is 9.67 Å². The van der Waals surface area contributed by atoms with Crippen LogP contribution in [-0.4, -0.2) is 42.0 Å². The van der Waals surface area contributed by atoms with Crippen LogP contribution in [0.25, 0.3) is 11.3 Å². The van der Waals surface area contributed by atoms with E-state index in [1.54, 1.807) is 17.9 Å². The van der Waals surface area contributed by atoms with Gasteiger partial charge in [0.2, 0.25) is 6.79 Å². The lowest BCUT2D eigenvalue weighted by atomic mass is 9.86. The highest BCUT2D eigenvalue weighted by molar-refractivity contribution is 6.18. The van der Waals surface area contributed by atoms with Crippen LogP contribution in [0.1, 0.15) is 55.8 Å². The van der Waals surface area contributed by atoms with E-state index in [1.807, 2.05) is 45.0 Å². The molecule has 0 aliphatic rings. The smallest absolute Gasteiger partial charge is 0.454 e. The van der Waals surface area contributed by atoms with E-state index < -0.39 is 18.9 Å². The quantitative estimate of drug-likeness (QED) is 0.236. The number of hydrogen-bond donors (Lipinski definition) is 0. The van der Waals surface area contributed by atoms with Crippen molar-refractivity contribution in [2.75, 3.05) is 13.8 Å². The lowest BCUT2D eigenvalue weighted by molar-refractivity contribution is -0.206. The monoisotopic (exact) mass is 465 g/mol. The molecule has 2 rings (SSSR count). The molecule has 33 heavy (non-hydrogen) atoms. The Balaban J connectivity index is 2.64. The van der Waals surface area contributed by atoms with Crippen molar-refractivity contribution in [1.82, 2.24) is 9.78 Å². The molecule has 0 spiro atoms. The molecular formula is C24H30F3N3O3. The summed E-state index contributed by atoms with van der Waals surface area (Å²) in [6.45, 7) is 11.4. The van der Waals surface area contributed by atoms with Gasteiger partial charge in [0.05, 0.1) is 5.69 Å². The molecule has 0 fully saturated rings. The largest absolute Gasteiger partial charge is 0.491 e. The van der Waals surface area contributed by atoms with Gasteiger partial charge in [-0.2, -0.15) is 18.3 Å². The first-order valence-electron chi connectivity index (χ1n) is 10.5. The van der Waals surface area contributed by atoms with Gasteiger partial charge in [-0.25, -0.2) is 4.79 Å². The molecule has 0 radical (unpaired) electrons. The normalized spacial score (nSPS) is 13.3. The third-order valence-electron chi connectivity index (χ3n) is 5.13. The molecule has 0 amide bonds. The summed E-state index contributed by atoms with van der Waals surface area (Å²) < 4.78 is 49.4. The fraction of sp³-hybridized carbons (Fsp3) is 0.458. The number of ether oxygens (including phenoxy) is 2. The summed E-state index contributed by atoms with van der Waals surface area (Å²) in [7, 11) is 1.58. The lowest BCUT2D eigenvalue weighted by Crippen LogP contribution is -2.26. The van der Waals surface area contributed by atoms with Crippen molar-refractivity contribution in [2.45, 2.75) is 59.7 Å². The standard InChI is InChI=1S/C24H30F3N3O3/c1-8-30-20(15(2)16(3)29-30)21(32-14-33-22(31)24(25,26)27)19(13-28-7)17-9-11-18(12-10-17)23(4,5)6/h9-13H,8,14H2,1-7H3/b21-19-,28-13?. The van der Waals surface area contributed by atoms with Crippen molar-refractivity contribution in [2.24, 2.45) is 4.99 Å². The first-order chi connectivity index (χ1) is 15.3. The van der Waals surface area contributed by atoms with Gasteiger partial charge in [0.25, 0.3) is 0 Å². The molecule has 180 valence electrons. The molecule has 1 heterocycles. The number of nitrogens with zero attached hydrogens (tertiary/aromatic N) is 3. The number of allylic oxidation sites excluding steroid dienone is 1. The van der Waals surface area contributed by atoms with Gasteiger partial charge >= 0.3 is 12.1 Å². The number of aromatic nitrogens is 2. The van der Waals surface area contributed by atoms with E-state index in [9.17, 15) is 18.0 Å². The minimum Gasteiger partial charge on any atom is -0.454 e. The second-order valence-electron chi connectivity index (χ2n) is 8.52. The molecule has 0 aliphatic heterocycles. The van der Waals surface area contributed by atoms with Gasteiger partial charge in [0.15, 0.2) is 5.76 Å². The van der Waals surface area contributed by atoms with E-state index in [2.05, 4.69) is 35.6 Å². The van der Waals surface area contributed by atoms with E-state index in [0.29, 0.717) is 17.8 Å². The Kier molecular flexibility index (Phi) is 8.11. The van der Waals surface area contributed by atoms with Crippen molar-refractivity contribution >= 4 is 23.5 Å². The number of alkyl halides is 3. The van der Waals surface area contributed by atoms with Gasteiger partial charge in [-0.1, -0.05) is 45.0 Å². The lowest BCUT2D eigenvalue weighted by Gasteiger charge is -2.20. The average Bonchev–Trinajstić information content (AvgIpc) is 3.02. The molecule has 0 saturated carbocycles. The van der Waals surface area contributed by atoms with Crippen molar-refractivity contribution < 1.29 is 27.4 Å². The van der Waals surface area contributed by atoms with E-state index in [4.69, 9.17) is 4.74 Å². The number of aryl methyl sites for hydroxylation is 2. The molecule has 0 N–H and O–H groups in total. The van der Waals surface area contributed by atoms with E-state index >= 15 is 0 Å². The summed E-state index contributed by atoms with van der Waals surface area (Å²) >= 11 is 0. The Morgan fingerprint density at radius 1 is 1.12 bits per heavy atom. The maximum atomic E-state index is 12.6. The first-order valence-corrected chi connectivity index (χ1v) is 10.5. The second-order valence-corrected chi connectivity index (χ2v) is 8.52. The van der Waals surface area contributed by atoms with E-state index in [0.717, 1.165) is 22.4 Å². The maximum absolute atomic E-state index is 12.6. The third kappa shape index (κ3) is 6.24. The third-order valence-corrected chi connectivity index (χ3v) is 5.13. The van der Waals surface area contributed by atoms with Crippen LogP contribution >= 0.6 is 0 Å². The second kappa shape index (κ2) is 10.2. The Hall–Kier alpha value is -3.10. The minimum absolute atomic E-state index is 0.0547. The Morgan fingerprint density at radius 3 is 2.21 bits per heavy atom. The fourth-order valence-electron chi connectivity index (χ4n) is 3.23. The van der Waals surface area contributed by atoms with Crippen molar-refractivity contribution in [3.05, 3.63) is 52.3 Å². The van der Waals surface area contributed by atoms with Crippen LogP contribution in [0.15, 0.2) is 29.3 Å². The predicted molar refractivity (Wildman–Crippen MR) is 122 cm³/mol. The van der Waals surface area contributed by atoms with E-state index in [-0.39, 0.29) is 11.2 Å². The molecule has 0 aliphatic carbocycles. The van der Waals surface area contributed by atoms with Gasteiger partial charge in [0, 0.05) is 30.9 Å². The van der Waals surface area contributed by atoms with Gasteiger partial charge in [-0.15, -0.1) is 0 Å². The van der Waals surface area contributed by atoms with E-state index in [1.165, 1.54) is 0 Å². The SMILES string of the molecule is CCn1nc(C)c(C)c1/C(OCOC(=O)C(F)(F)F)=C(\C=NC)c1ccc(C(C)(C)C)cc1. The number of benzene rings is 1. The highest BCUT2D eigenvalue weighted by atomic mass is 19.4. The molecule has 1 aromatic carbocycles. The zero-order valence-corrected chi connectivity index (χ0v) is 20.0. The number of halogens is 3. The number of carbonyl (C=O) groups excluding carboxylic acids is 1. The number of rotatable bonds is 7. The zero-order chi connectivity index (χ0) is 25.0. The number of aliphatic imine (C=N–C) groups is 1. The molecule has 6 nitrogen and oxygen atoms in total. The van der Waals surface area contributed by atoms with Crippen molar-refractivity contribution in [3.63, 3.8) is 0 Å². The fourth-order valence-corrected chi connectivity index (χ4v) is 3.23. The number of hydrogen-bond acceptors (Lipinski definition) is 5. The molecule has 9 heteroatoms. The number of carbonyl (C=O) groups is 1. The molecular weight excluding hydrogens is 435 g/mol. The van der Waals surface area contributed by atoms with Crippen LogP contribution in [0.5, 0.6) is 0 Å². The van der Waals surface area contributed by atoms with Crippen LogP contribution in [0, 0.1) is 13.8 Å². The van der Waals surface area contributed by atoms with Crippen LogP contribution in [0.3, 0.4) is 0 Å². The predicted octanol–water partition coefficient (Wildman–Crippen LogP) is 5.47. The Bertz CT molecular complexity index is 1040. The molecule has 0 atom stereocenters. The summed E-state index contributed by atoms with van der Waals surface area (Å²) in [5, 5.41) is 4.48. The minimum atomic E-state index is -5.11. The van der Waals surface area contributed by atoms with Gasteiger partial charge < -0.3 is 9.47 Å². The number of esters is 1. The van der Waals surface area contributed by atoms with Crippen molar-refractivity contribution in [1.29, 1.82) is 0 Å². The summed E-state index contributed by atoms with van der Waals surface area (Å²) in [5.41, 5.74) is 4.45. The van der Waals surface area contributed by atoms with Crippen LogP contribution in [0.2, 0.25) is 0 Å². The average molecular weight is 466 g/mol. The molecule has 1 aromatic heterocycles. The summed E-state index contributed by atoms with van der Waals surface area (Å²) in [6, 6.07) is 7.76. The maximum Gasteiger partial charge on any atom is 0.491 e. The Labute approximate surface area is 192 Å². The molecule has 0 saturated heterocycles. The van der Waals surface area contributed by atoms with Gasteiger partial charge in [-0.05, 0) is 37.3 Å². The highest BCUT2D eigenvalue weighted by Gasteiger charge is 2.41. The zero-order valence-electron chi connectivity index (χ0n) is 20.0. The van der Waals surface area contributed by atoms with Crippen LogP contribution < -0.4 is 0 Å². The topological polar surface area (TPSA) is 65.7 Å². The molecule has 0 bridgehead atoms. The summed E-state index contributed by atoms with van der Waals surface area (Å²) in [5.74, 6) is -2.10. The van der Waals surface area contributed by atoms with Crippen LogP contribution in [0.4, 0.5) is 13.2 Å². The first kappa shape index (κ1) is 26.2. The highest BCUT2D eigenvalue weighted by Crippen LogP contribution is 2.32. The Morgan fingerprint density at radius 2 is 1.73 bits per heavy atom.